The maximum absolute atomic E-state index is 12.3. The van der Waals surface area contributed by atoms with Crippen molar-refractivity contribution in [2.24, 2.45) is 0 Å². The minimum absolute atomic E-state index is 0.236. The smallest absolute Gasteiger partial charge is 0.410 e. The monoisotopic (exact) mass is 355 g/mol. The molecule has 1 unspecified atom stereocenters. The number of rotatable bonds is 4. The van der Waals surface area contributed by atoms with Crippen molar-refractivity contribution < 1.29 is 23.8 Å². The van der Waals surface area contributed by atoms with Crippen LogP contribution in [0.15, 0.2) is 54.6 Å². The van der Waals surface area contributed by atoms with Gasteiger partial charge in [-0.1, -0.05) is 42.5 Å². The summed E-state index contributed by atoms with van der Waals surface area (Å²) in [6, 6.07) is 16.6. The van der Waals surface area contributed by atoms with E-state index in [0.29, 0.717) is 25.3 Å². The van der Waals surface area contributed by atoms with Gasteiger partial charge in [0.2, 0.25) is 0 Å². The summed E-state index contributed by atoms with van der Waals surface area (Å²) < 4.78 is 15.9. The molecule has 0 saturated carbocycles. The largest absolute Gasteiger partial charge is 0.465 e. The Balaban J connectivity index is 1.62. The van der Waals surface area contributed by atoms with Gasteiger partial charge in [-0.15, -0.1) is 0 Å². The molecule has 1 aliphatic heterocycles. The molecule has 6 heteroatoms. The number of hydrogen-bond acceptors (Lipinski definition) is 5. The lowest BCUT2D eigenvalue weighted by Crippen LogP contribution is -2.42. The average molecular weight is 355 g/mol. The molecular weight excluding hydrogens is 334 g/mol. The molecule has 6 nitrogen and oxygen atoms in total. The zero-order valence-electron chi connectivity index (χ0n) is 14.6. The van der Waals surface area contributed by atoms with Crippen molar-refractivity contribution in [1.82, 2.24) is 4.90 Å². The molecular formula is C20H21NO5. The van der Waals surface area contributed by atoms with Crippen LogP contribution >= 0.6 is 0 Å². The number of esters is 1. The summed E-state index contributed by atoms with van der Waals surface area (Å²) in [7, 11) is 1.34. The molecule has 0 N–H and O–H groups in total. The van der Waals surface area contributed by atoms with E-state index in [2.05, 4.69) is 0 Å². The Kier molecular flexibility index (Phi) is 5.86. The van der Waals surface area contributed by atoms with E-state index < -0.39 is 5.97 Å². The zero-order chi connectivity index (χ0) is 18.4. The number of benzene rings is 2. The number of hydrogen-bond donors (Lipinski definition) is 0. The topological polar surface area (TPSA) is 65.1 Å². The van der Waals surface area contributed by atoms with Crippen molar-refractivity contribution in [3.8, 4) is 0 Å². The molecule has 3 rings (SSSR count). The molecule has 1 heterocycles. The first-order valence-electron chi connectivity index (χ1n) is 8.43. The van der Waals surface area contributed by atoms with E-state index >= 15 is 0 Å². The molecule has 0 aromatic heterocycles. The molecule has 1 amide bonds. The second kappa shape index (κ2) is 8.49. The van der Waals surface area contributed by atoms with Crippen molar-refractivity contribution in [2.75, 3.05) is 26.8 Å². The Hall–Kier alpha value is -2.86. The van der Waals surface area contributed by atoms with Crippen molar-refractivity contribution in [1.29, 1.82) is 0 Å². The molecule has 2 aromatic carbocycles. The first-order chi connectivity index (χ1) is 12.7. The number of nitrogens with zero attached hydrogens (tertiary/aromatic N) is 1. The highest BCUT2D eigenvalue weighted by Gasteiger charge is 2.27. The van der Waals surface area contributed by atoms with Crippen LogP contribution in [0.5, 0.6) is 0 Å². The summed E-state index contributed by atoms with van der Waals surface area (Å²) in [5.41, 5.74) is 2.22. The number of ether oxygens (including phenoxy) is 3. The standard InChI is InChI=1S/C20H21NO5/c1-24-19(22)17-9-5-8-16(12-17)18-13-21(10-11-25-18)20(23)26-14-15-6-3-2-4-7-15/h2-9,12,18H,10-11,13-14H2,1H3. The summed E-state index contributed by atoms with van der Waals surface area (Å²) in [5.74, 6) is -0.401. The average Bonchev–Trinajstić information content (AvgIpc) is 2.72. The van der Waals surface area contributed by atoms with Crippen LogP contribution < -0.4 is 0 Å². The minimum Gasteiger partial charge on any atom is -0.465 e. The second-order valence-corrected chi connectivity index (χ2v) is 5.96. The van der Waals surface area contributed by atoms with Crippen molar-refractivity contribution >= 4 is 12.1 Å². The fourth-order valence-electron chi connectivity index (χ4n) is 2.81. The van der Waals surface area contributed by atoms with Gasteiger partial charge in [-0.25, -0.2) is 9.59 Å². The highest BCUT2D eigenvalue weighted by atomic mass is 16.6. The Morgan fingerprint density at radius 2 is 1.96 bits per heavy atom. The highest BCUT2D eigenvalue weighted by Crippen LogP contribution is 2.24. The first kappa shape index (κ1) is 17.9. The number of amides is 1. The molecule has 1 aliphatic rings. The normalized spacial score (nSPS) is 16.8. The molecule has 2 aromatic rings. The van der Waals surface area contributed by atoms with Gasteiger partial charge in [-0.05, 0) is 23.3 Å². The van der Waals surface area contributed by atoms with Crippen LogP contribution in [0.2, 0.25) is 0 Å². The molecule has 136 valence electrons. The summed E-state index contributed by atoms with van der Waals surface area (Å²) >= 11 is 0. The van der Waals surface area contributed by atoms with Gasteiger partial charge >= 0.3 is 12.1 Å². The molecule has 1 fully saturated rings. The second-order valence-electron chi connectivity index (χ2n) is 5.96. The molecule has 1 saturated heterocycles. The Morgan fingerprint density at radius 3 is 2.73 bits per heavy atom. The van der Waals surface area contributed by atoms with Gasteiger partial charge in [0.15, 0.2) is 0 Å². The summed E-state index contributed by atoms with van der Waals surface area (Å²) in [6.07, 6.45) is -0.677. The van der Waals surface area contributed by atoms with Crippen LogP contribution in [0.4, 0.5) is 4.79 Å². The van der Waals surface area contributed by atoms with Crippen molar-refractivity contribution in [2.45, 2.75) is 12.7 Å². The van der Waals surface area contributed by atoms with Crippen LogP contribution in [-0.4, -0.2) is 43.8 Å². The van der Waals surface area contributed by atoms with Crippen LogP contribution in [0, 0.1) is 0 Å². The Bertz CT molecular complexity index is 762. The third kappa shape index (κ3) is 4.40. The molecule has 0 radical (unpaired) electrons. The number of morpholine rings is 1. The van der Waals surface area contributed by atoms with E-state index in [4.69, 9.17) is 14.2 Å². The van der Waals surface area contributed by atoms with Gasteiger partial charge in [0.1, 0.15) is 12.7 Å². The van der Waals surface area contributed by atoms with Crippen LogP contribution in [-0.2, 0) is 20.8 Å². The van der Waals surface area contributed by atoms with E-state index in [1.54, 1.807) is 23.1 Å². The first-order valence-corrected chi connectivity index (χ1v) is 8.43. The van der Waals surface area contributed by atoms with Gasteiger partial charge in [0, 0.05) is 6.54 Å². The lowest BCUT2D eigenvalue weighted by molar-refractivity contribution is -0.0296. The predicted octanol–water partition coefficient (Wildman–Crippen LogP) is 3.18. The fourth-order valence-corrected chi connectivity index (χ4v) is 2.81. The van der Waals surface area contributed by atoms with Crippen LogP contribution in [0.25, 0.3) is 0 Å². The maximum Gasteiger partial charge on any atom is 0.410 e. The molecule has 1 atom stereocenters. The van der Waals surface area contributed by atoms with Gasteiger partial charge < -0.3 is 19.1 Å². The van der Waals surface area contributed by atoms with Crippen LogP contribution in [0.3, 0.4) is 0 Å². The van der Waals surface area contributed by atoms with Crippen molar-refractivity contribution in [3.63, 3.8) is 0 Å². The van der Waals surface area contributed by atoms with E-state index in [1.165, 1.54) is 7.11 Å². The fraction of sp³-hybridized carbons (Fsp3) is 0.300. The molecule has 0 aliphatic carbocycles. The molecule has 0 bridgehead atoms. The quantitative estimate of drug-likeness (QED) is 0.788. The number of carbonyl (C=O) groups is 2. The highest BCUT2D eigenvalue weighted by molar-refractivity contribution is 5.89. The number of carbonyl (C=O) groups excluding carboxylic acids is 2. The number of methoxy groups -OCH3 is 1. The van der Waals surface area contributed by atoms with Gasteiger partial charge in [0.05, 0.1) is 25.8 Å². The third-order valence-electron chi connectivity index (χ3n) is 4.21. The summed E-state index contributed by atoms with van der Waals surface area (Å²) in [5, 5.41) is 0. The summed E-state index contributed by atoms with van der Waals surface area (Å²) in [6.45, 7) is 1.49. The lowest BCUT2D eigenvalue weighted by Gasteiger charge is -2.32. The molecule has 26 heavy (non-hydrogen) atoms. The third-order valence-corrected chi connectivity index (χ3v) is 4.21. The Labute approximate surface area is 152 Å². The lowest BCUT2D eigenvalue weighted by atomic mass is 10.0. The SMILES string of the molecule is COC(=O)c1cccc(C2CN(C(=O)OCc3ccccc3)CCO2)c1. The maximum atomic E-state index is 12.3. The van der Waals surface area contributed by atoms with Gasteiger partial charge in [-0.3, -0.25) is 0 Å². The minimum atomic E-state index is -0.401. The molecule has 0 spiro atoms. The predicted molar refractivity (Wildman–Crippen MR) is 94.7 cm³/mol. The van der Waals surface area contributed by atoms with Gasteiger partial charge in [-0.2, -0.15) is 0 Å². The van der Waals surface area contributed by atoms with E-state index in [0.717, 1.165) is 11.1 Å². The van der Waals surface area contributed by atoms with Crippen LogP contribution in [0.1, 0.15) is 27.6 Å². The van der Waals surface area contributed by atoms with Gasteiger partial charge in [0.25, 0.3) is 0 Å². The Morgan fingerprint density at radius 1 is 1.15 bits per heavy atom. The zero-order valence-corrected chi connectivity index (χ0v) is 14.6. The van der Waals surface area contributed by atoms with E-state index in [9.17, 15) is 9.59 Å². The van der Waals surface area contributed by atoms with E-state index in [1.807, 2.05) is 36.4 Å². The summed E-state index contributed by atoms with van der Waals surface area (Å²) in [4.78, 5) is 25.7. The van der Waals surface area contributed by atoms with E-state index in [-0.39, 0.29) is 18.8 Å². The van der Waals surface area contributed by atoms with Crippen molar-refractivity contribution in [3.05, 3.63) is 71.3 Å².